The number of hydrogen-bond donors (Lipinski definition) is 0. The van der Waals surface area contributed by atoms with Gasteiger partial charge in [0.1, 0.15) is 13.2 Å². The van der Waals surface area contributed by atoms with Gasteiger partial charge in [-0.3, -0.25) is 9.32 Å². The zero-order valence-electron chi connectivity index (χ0n) is 10.9. The lowest BCUT2D eigenvalue weighted by Gasteiger charge is -2.22. The Morgan fingerprint density at radius 3 is 2.22 bits per heavy atom. The van der Waals surface area contributed by atoms with Gasteiger partial charge in [0.25, 0.3) is 0 Å². The Morgan fingerprint density at radius 2 is 1.83 bits per heavy atom. The lowest BCUT2D eigenvalue weighted by atomic mass is 10.4. The number of nitriles is 1. The molecule has 0 fully saturated rings. The molecule has 0 saturated carbocycles. The zero-order valence-corrected chi connectivity index (χ0v) is 12.6. The molecule has 0 aliphatic heterocycles. The van der Waals surface area contributed by atoms with Crippen molar-refractivity contribution in [3.05, 3.63) is 0 Å². The van der Waals surface area contributed by atoms with E-state index < -0.39 is 6.72 Å². The molecule has 0 saturated heterocycles. The van der Waals surface area contributed by atoms with E-state index in [1.807, 2.05) is 6.07 Å². The summed E-state index contributed by atoms with van der Waals surface area (Å²) in [6.07, 6.45) is 0. The van der Waals surface area contributed by atoms with Crippen LogP contribution in [0.2, 0.25) is 0 Å². The highest BCUT2D eigenvalue weighted by Gasteiger charge is 2.22. The number of carbonyl (C=O) groups is 1. The fourth-order valence-corrected chi connectivity index (χ4v) is 3.03. The Hall–Kier alpha value is -0.510. The van der Waals surface area contributed by atoms with Crippen molar-refractivity contribution < 1.29 is 18.4 Å². The second-order valence-electron chi connectivity index (χ2n) is 3.12. The summed E-state index contributed by atoms with van der Waals surface area (Å²) in [5, 5.41) is 8.57. The first-order valence-electron chi connectivity index (χ1n) is 5.71. The van der Waals surface area contributed by atoms with Crippen molar-refractivity contribution in [3.8, 4) is 6.07 Å². The second kappa shape index (κ2) is 9.42. The Bertz CT molecular complexity index is 335. The molecule has 0 aromatic carbocycles. The SMILES string of the molecule is CCOP(=S)(OCC)OCC(=O)N(CC)CC#N. The number of rotatable bonds is 9. The van der Waals surface area contributed by atoms with Crippen molar-refractivity contribution in [2.45, 2.75) is 20.8 Å². The first-order valence-corrected chi connectivity index (χ1v) is 8.26. The third kappa shape index (κ3) is 6.43. The lowest BCUT2D eigenvalue weighted by molar-refractivity contribution is -0.132. The minimum Gasteiger partial charge on any atom is -0.328 e. The third-order valence-corrected chi connectivity index (χ3v) is 4.46. The standard InChI is InChI=1S/C10H19N2O4PS/c1-4-12(8-7-11)10(13)9-16-17(18,14-5-2)15-6-3/h4-6,8-9H2,1-3H3. The molecule has 0 heterocycles. The molecule has 104 valence electrons. The highest BCUT2D eigenvalue weighted by molar-refractivity contribution is 8.07. The minimum atomic E-state index is -2.84. The van der Waals surface area contributed by atoms with Crippen LogP contribution in [0.1, 0.15) is 20.8 Å². The van der Waals surface area contributed by atoms with Gasteiger partial charge in [-0.05, 0) is 32.6 Å². The predicted molar refractivity (Wildman–Crippen MR) is 71.4 cm³/mol. The van der Waals surface area contributed by atoms with E-state index in [2.05, 4.69) is 0 Å². The first-order chi connectivity index (χ1) is 8.52. The molecule has 0 aliphatic carbocycles. The third-order valence-electron chi connectivity index (χ3n) is 1.92. The molecule has 0 aromatic rings. The van der Waals surface area contributed by atoms with E-state index in [1.165, 1.54) is 4.90 Å². The van der Waals surface area contributed by atoms with E-state index in [4.69, 9.17) is 30.6 Å². The molecule has 0 aromatic heterocycles. The molecule has 0 bridgehead atoms. The molecule has 8 heteroatoms. The molecular weight excluding hydrogens is 275 g/mol. The van der Waals surface area contributed by atoms with Crippen LogP contribution in [0.4, 0.5) is 0 Å². The summed E-state index contributed by atoms with van der Waals surface area (Å²) in [5.41, 5.74) is 0. The fraction of sp³-hybridized carbons (Fsp3) is 0.800. The molecule has 0 rings (SSSR count). The summed E-state index contributed by atoms with van der Waals surface area (Å²) in [5.74, 6) is -0.298. The average molecular weight is 294 g/mol. The van der Waals surface area contributed by atoms with Crippen molar-refractivity contribution in [3.63, 3.8) is 0 Å². The summed E-state index contributed by atoms with van der Waals surface area (Å²) in [7, 11) is 0. The molecule has 0 N–H and O–H groups in total. The van der Waals surface area contributed by atoms with Crippen LogP contribution >= 0.6 is 6.72 Å². The topological polar surface area (TPSA) is 71.8 Å². The van der Waals surface area contributed by atoms with Crippen LogP contribution < -0.4 is 0 Å². The van der Waals surface area contributed by atoms with Gasteiger partial charge in [-0.15, -0.1) is 0 Å². The number of nitrogens with zero attached hydrogens (tertiary/aromatic N) is 2. The van der Waals surface area contributed by atoms with Crippen LogP contribution in [0, 0.1) is 11.3 Å². The largest absolute Gasteiger partial charge is 0.328 e. The maximum absolute atomic E-state index is 11.7. The molecule has 0 aliphatic rings. The zero-order chi connectivity index (χ0) is 14.0. The maximum atomic E-state index is 11.7. The van der Waals surface area contributed by atoms with Gasteiger partial charge in [0.2, 0.25) is 5.91 Å². The van der Waals surface area contributed by atoms with Crippen LogP contribution in [0.3, 0.4) is 0 Å². The van der Waals surface area contributed by atoms with Gasteiger partial charge in [-0.2, -0.15) is 5.26 Å². The van der Waals surface area contributed by atoms with Crippen molar-refractivity contribution in [2.75, 3.05) is 32.9 Å². The number of amides is 1. The summed E-state index contributed by atoms with van der Waals surface area (Å²) in [4.78, 5) is 13.1. The molecule has 1 amide bonds. The summed E-state index contributed by atoms with van der Waals surface area (Å²) < 4.78 is 15.8. The quantitative estimate of drug-likeness (QED) is 0.476. The Kier molecular flexibility index (Phi) is 9.16. The van der Waals surface area contributed by atoms with Gasteiger partial charge in [0.05, 0.1) is 19.3 Å². The predicted octanol–water partition coefficient (Wildman–Crippen LogP) is 1.67. The van der Waals surface area contributed by atoms with Gasteiger partial charge in [-0.1, -0.05) is 0 Å². The second-order valence-corrected chi connectivity index (χ2v) is 6.13. The van der Waals surface area contributed by atoms with Gasteiger partial charge in [0.15, 0.2) is 0 Å². The van der Waals surface area contributed by atoms with E-state index in [0.717, 1.165) is 0 Å². The van der Waals surface area contributed by atoms with Crippen molar-refractivity contribution in [1.82, 2.24) is 4.90 Å². The fourth-order valence-electron chi connectivity index (χ4n) is 1.12. The lowest BCUT2D eigenvalue weighted by Crippen LogP contribution is -2.34. The van der Waals surface area contributed by atoms with E-state index in [-0.39, 0.29) is 19.1 Å². The molecule has 0 atom stereocenters. The summed E-state index contributed by atoms with van der Waals surface area (Å²) in [6, 6.07) is 1.92. The highest BCUT2D eigenvalue weighted by Crippen LogP contribution is 2.49. The molecule has 18 heavy (non-hydrogen) atoms. The maximum Gasteiger partial charge on any atom is 0.327 e. The Labute approximate surface area is 113 Å². The van der Waals surface area contributed by atoms with E-state index in [9.17, 15) is 4.79 Å². The molecule has 0 spiro atoms. The van der Waals surface area contributed by atoms with Crippen LogP contribution in [0.15, 0.2) is 0 Å². The van der Waals surface area contributed by atoms with Crippen LogP contribution in [-0.2, 0) is 30.2 Å². The first kappa shape index (κ1) is 17.5. The van der Waals surface area contributed by atoms with Gasteiger partial charge in [0, 0.05) is 6.54 Å². The van der Waals surface area contributed by atoms with Gasteiger partial charge in [-0.25, -0.2) is 0 Å². The normalized spacial score (nSPS) is 11.0. The van der Waals surface area contributed by atoms with Crippen molar-refractivity contribution in [1.29, 1.82) is 5.26 Å². The monoisotopic (exact) mass is 294 g/mol. The van der Waals surface area contributed by atoms with Crippen molar-refractivity contribution >= 4 is 24.4 Å². The minimum absolute atomic E-state index is 0.0326. The number of likely N-dealkylation sites (N-methyl/N-ethyl adjacent to an activating group) is 1. The van der Waals surface area contributed by atoms with E-state index >= 15 is 0 Å². The van der Waals surface area contributed by atoms with Crippen molar-refractivity contribution in [2.24, 2.45) is 0 Å². The molecule has 0 unspecified atom stereocenters. The average Bonchev–Trinajstić information content (AvgIpc) is 2.34. The number of hydrogen-bond acceptors (Lipinski definition) is 6. The summed E-state index contributed by atoms with van der Waals surface area (Å²) in [6.45, 7) is 3.48. The molecule has 0 radical (unpaired) electrons. The van der Waals surface area contributed by atoms with Gasteiger partial charge >= 0.3 is 6.72 Å². The number of carbonyl (C=O) groups excluding carboxylic acids is 1. The van der Waals surface area contributed by atoms with Crippen LogP contribution in [0.5, 0.6) is 0 Å². The Morgan fingerprint density at radius 1 is 1.28 bits per heavy atom. The molecular formula is C10H19N2O4PS. The smallest absolute Gasteiger partial charge is 0.327 e. The van der Waals surface area contributed by atoms with E-state index in [0.29, 0.717) is 19.8 Å². The summed E-state index contributed by atoms with van der Waals surface area (Å²) >= 11 is 5.11. The van der Waals surface area contributed by atoms with Crippen LogP contribution in [0.25, 0.3) is 0 Å². The van der Waals surface area contributed by atoms with Gasteiger partial charge < -0.3 is 13.9 Å². The highest BCUT2D eigenvalue weighted by atomic mass is 32.5. The molecule has 6 nitrogen and oxygen atoms in total. The Balaban J connectivity index is 4.39. The van der Waals surface area contributed by atoms with E-state index in [1.54, 1.807) is 20.8 Å². The van der Waals surface area contributed by atoms with Crippen LogP contribution in [-0.4, -0.2) is 43.7 Å².